The number of aryl methyl sites for hydroxylation is 2. The molecule has 2 rings (SSSR count). The van der Waals surface area contributed by atoms with Crippen molar-refractivity contribution in [1.82, 2.24) is 20.1 Å². The van der Waals surface area contributed by atoms with Gasteiger partial charge in [-0.1, -0.05) is 6.07 Å². The third-order valence-electron chi connectivity index (χ3n) is 2.77. The third kappa shape index (κ3) is 3.07. The number of aromatic nitrogens is 3. The second-order valence-corrected chi connectivity index (χ2v) is 4.23. The molecule has 2 aromatic heterocycles. The van der Waals surface area contributed by atoms with Crippen molar-refractivity contribution >= 4 is 0 Å². The first-order valence-electron chi connectivity index (χ1n) is 5.88. The molecule has 0 aliphatic rings. The van der Waals surface area contributed by atoms with E-state index < -0.39 is 0 Å². The van der Waals surface area contributed by atoms with Gasteiger partial charge in [0.25, 0.3) is 0 Å². The molecular weight excluding hydrogens is 228 g/mol. The average molecular weight is 246 g/mol. The lowest BCUT2D eigenvalue weighted by Crippen LogP contribution is -2.13. The Kier molecular flexibility index (Phi) is 3.94. The van der Waals surface area contributed by atoms with Crippen LogP contribution in [0.5, 0.6) is 5.88 Å². The van der Waals surface area contributed by atoms with E-state index in [9.17, 15) is 0 Å². The van der Waals surface area contributed by atoms with Crippen LogP contribution in [-0.2, 0) is 20.1 Å². The van der Waals surface area contributed by atoms with Gasteiger partial charge in [0.2, 0.25) is 5.88 Å². The first-order chi connectivity index (χ1) is 8.69. The second-order valence-electron chi connectivity index (χ2n) is 4.23. The largest absolute Gasteiger partial charge is 0.481 e. The SMILES string of the molecule is COc1ccc(CNCc2cn(C)nc2C)cn1. The molecule has 18 heavy (non-hydrogen) atoms. The van der Waals surface area contributed by atoms with Gasteiger partial charge in [0.1, 0.15) is 0 Å². The van der Waals surface area contributed by atoms with Crippen molar-refractivity contribution in [3.63, 3.8) is 0 Å². The molecule has 0 spiro atoms. The molecular formula is C13H18N4O. The quantitative estimate of drug-likeness (QED) is 0.867. The molecule has 2 heterocycles. The van der Waals surface area contributed by atoms with Crippen LogP contribution in [0, 0.1) is 6.92 Å². The summed E-state index contributed by atoms with van der Waals surface area (Å²) in [6.07, 6.45) is 3.86. The average Bonchev–Trinajstić information content (AvgIpc) is 2.69. The van der Waals surface area contributed by atoms with Crippen molar-refractivity contribution in [1.29, 1.82) is 0 Å². The topological polar surface area (TPSA) is 52.0 Å². The van der Waals surface area contributed by atoms with E-state index >= 15 is 0 Å². The van der Waals surface area contributed by atoms with Crippen LogP contribution in [0.1, 0.15) is 16.8 Å². The van der Waals surface area contributed by atoms with E-state index in [2.05, 4.69) is 15.4 Å². The number of nitrogens with zero attached hydrogens (tertiary/aromatic N) is 3. The molecule has 2 aromatic rings. The van der Waals surface area contributed by atoms with Crippen LogP contribution in [0.4, 0.5) is 0 Å². The van der Waals surface area contributed by atoms with Crippen molar-refractivity contribution in [2.45, 2.75) is 20.0 Å². The molecule has 0 bridgehead atoms. The summed E-state index contributed by atoms with van der Waals surface area (Å²) in [5.41, 5.74) is 3.43. The van der Waals surface area contributed by atoms with Crippen LogP contribution in [0.15, 0.2) is 24.5 Å². The lowest BCUT2D eigenvalue weighted by molar-refractivity contribution is 0.397. The molecule has 5 nitrogen and oxygen atoms in total. The van der Waals surface area contributed by atoms with Crippen LogP contribution in [-0.4, -0.2) is 21.9 Å². The molecule has 0 amide bonds. The monoisotopic (exact) mass is 246 g/mol. The summed E-state index contributed by atoms with van der Waals surface area (Å²) < 4.78 is 6.85. The molecule has 0 atom stereocenters. The fourth-order valence-corrected chi connectivity index (χ4v) is 1.80. The number of rotatable bonds is 5. The third-order valence-corrected chi connectivity index (χ3v) is 2.77. The lowest BCUT2D eigenvalue weighted by atomic mass is 10.2. The minimum atomic E-state index is 0.641. The van der Waals surface area contributed by atoms with Crippen LogP contribution >= 0.6 is 0 Å². The predicted molar refractivity (Wildman–Crippen MR) is 69.3 cm³/mol. The van der Waals surface area contributed by atoms with Gasteiger partial charge in [-0.2, -0.15) is 5.10 Å². The van der Waals surface area contributed by atoms with E-state index in [4.69, 9.17) is 4.74 Å². The van der Waals surface area contributed by atoms with E-state index in [1.807, 2.05) is 43.2 Å². The summed E-state index contributed by atoms with van der Waals surface area (Å²) >= 11 is 0. The van der Waals surface area contributed by atoms with Gasteiger partial charge >= 0.3 is 0 Å². The zero-order valence-electron chi connectivity index (χ0n) is 11.0. The van der Waals surface area contributed by atoms with Gasteiger partial charge in [0.15, 0.2) is 0 Å². The highest BCUT2D eigenvalue weighted by atomic mass is 16.5. The highest BCUT2D eigenvalue weighted by Crippen LogP contribution is 2.07. The van der Waals surface area contributed by atoms with Crippen LogP contribution in [0.3, 0.4) is 0 Å². The molecule has 5 heteroatoms. The highest BCUT2D eigenvalue weighted by molar-refractivity contribution is 5.18. The molecule has 0 radical (unpaired) electrons. The summed E-state index contributed by atoms with van der Waals surface area (Å²) in [6, 6.07) is 3.88. The van der Waals surface area contributed by atoms with E-state index in [-0.39, 0.29) is 0 Å². The van der Waals surface area contributed by atoms with Gasteiger partial charge in [-0.3, -0.25) is 4.68 Å². The first-order valence-corrected chi connectivity index (χ1v) is 5.88. The summed E-state index contributed by atoms with van der Waals surface area (Å²) in [6.45, 7) is 3.61. The van der Waals surface area contributed by atoms with Gasteiger partial charge in [-0.25, -0.2) is 4.98 Å². The van der Waals surface area contributed by atoms with Crippen molar-refractivity contribution < 1.29 is 4.74 Å². The number of hydrogen-bond donors (Lipinski definition) is 1. The maximum absolute atomic E-state index is 5.02. The number of methoxy groups -OCH3 is 1. The number of ether oxygens (including phenoxy) is 1. The zero-order chi connectivity index (χ0) is 13.0. The van der Waals surface area contributed by atoms with E-state index in [1.165, 1.54) is 5.56 Å². The molecule has 1 N–H and O–H groups in total. The summed E-state index contributed by atoms with van der Waals surface area (Å²) in [5.74, 6) is 0.641. The Hall–Kier alpha value is -1.88. The van der Waals surface area contributed by atoms with Crippen molar-refractivity contribution in [3.8, 4) is 5.88 Å². The van der Waals surface area contributed by atoms with E-state index in [0.29, 0.717) is 5.88 Å². The second kappa shape index (κ2) is 5.64. The van der Waals surface area contributed by atoms with Crippen LogP contribution in [0.25, 0.3) is 0 Å². The van der Waals surface area contributed by atoms with Crippen LogP contribution in [0.2, 0.25) is 0 Å². The van der Waals surface area contributed by atoms with Gasteiger partial charge in [0, 0.05) is 44.2 Å². The molecule has 0 saturated heterocycles. The van der Waals surface area contributed by atoms with Crippen molar-refractivity contribution in [2.75, 3.05) is 7.11 Å². The smallest absolute Gasteiger partial charge is 0.212 e. The summed E-state index contributed by atoms with van der Waals surface area (Å²) in [5, 5.41) is 7.68. The molecule has 0 aliphatic heterocycles. The zero-order valence-corrected chi connectivity index (χ0v) is 11.0. The Morgan fingerprint density at radius 2 is 2.17 bits per heavy atom. The normalized spacial score (nSPS) is 10.6. The van der Waals surface area contributed by atoms with Gasteiger partial charge in [-0.05, 0) is 12.5 Å². The van der Waals surface area contributed by atoms with Gasteiger partial charge in [0.05, 0.1) is 12.8 Å². The van der Waals surface area contributed by atoms with Crippen LogP contribution < -0.4 is 10.1 Å². The Morgan fingerprint density at radius 1 is 1.33 bits per heavy atom. The molecule has 96 valence electrons. The highest BCUT2D eigenvalue weighted by Gasteiger charge is 2.02. The lowest BCUT2D eigenvalue weighted by Gasteiger charge is -2.04. The Balaban J connectivity index is 1.86. The fraction of sp³-hybridized carbons (Fsp3) is 0.385. The molecule has 0 aromatic carbocycles. The van der Waals surface area contributed by atoms with E-state index in [0.717, 1.165) is 24.3 Å². The van der Waals surface area contributed by atoms with Gasteiger partial charge < -0.3 is 10.1 Å². The predicted octanol–water partition coefficient (Wildman–Crippen LogP) is 1.42. The number of nitrogens with one attached hydrogen (secondary N) is 1. The Labute approximate surface area is 107 Å². The van der Waals surface area contributed by atoms with Crippen molar-refractivity contribution in [3.05, 3.63) is 41.3 Å². The molecule has 0 unspecified atom stereocenters. The summed E-state index contributed by atoms with van der Waals surface area (Å²) in [4.78, 5) is 4.17. The van der Waals surface area contributed by atoms with E-state index in [1.54, 1.807) is 7.11 Å². The standard InChI is InChI=1S/C13H18N4O/c1-10-12(9-17(2)16-10)8-14-6-11-4-5-13(18-3)15-7-11/h4-5,7,9,14H,6,8H2,1-3H3. The Morgan fingerprint density at radius 3 is 2.72 bits per heavy atom. The summed E-state index contributed by atoms with van der Waals surface area (Å²) in [7, 11) is 3.55. The maximum atomic E-state index is 5.02. The fourth-order valence-electron chi connectivity index (χ4n) is 1.80. The van der Waals surface area contributed by atoms with Crippen molar-refractivity contribution in [2.24, 2.45) is 7.05 Å². The minimum absolute atomic E-state index is 0.641. The number of hydrogen-bond acceptors (Lipinski definition) is 4. The maximum Gasteiger partial charge on any atom is 0.212 e. The minimum Gasteiger partial charge on any atom is -0.481 e. The molecule has 0 saturated carbocycles. The molecule has 0 fully saturated rings. The molecule has 0 aliphatic carbocycles. The number of pyridine rings is 1. The first kappa shape index (κ1) is 12.6. The van der Waals surface area contributed by atoms with Gasteiger partial charge in [-0.15, -0.1) is 0 Å². The Bertz CT molecular complexity index is 504.